The van der Waals surface area contributed by atoms with Crippen LogP contribution in [0.3, 0.4) is 0 Å². The molecule has 2 unspecified atom stereocenters. The molecule has 1 aliphatic heterocycles. The molecule has 18 heavy (non-hydrogen) atoms. The second-order valence-electron chi connectivity index (χ2n) is 4.45. The lowest BCUT2D eigenvalue weighted by molar-refractivity contribution is -0.0423. The predicted molar refractivity (Wildman–Crippen MR) is 69.8 cm³/mol. The number of aliphatic hydroxyl groups is 1. The molecule has 0 aliphatic carbocycles. The number of aliphatic hydroxyl groups excluding tert-OH is 1. The minimum Gasteiger partial charge on any atom is -0.394 e. The van der Waals surface area contributed by atoms with Crippen LogP contribution in [0, 0.1) is 0 Å². The molecule has 0 aromatic carbocycles. The predicted octanol–water partition coefficient (Wildman–Crippen LogP) is 0.494. The lowest BCUT2D eigenvalue weighted by atomic mass is 10.2. The quantitative estimate of drug-likeness (QED) is 0.813. The van der Waals surface area contributed by atoms with E-state index in [0.29, 0.717) is 6.54 Å². The molecule has 1 fully saturated rings. The third-order valence-corrected chi connectivity index (χ3v) is 2.83. The summed E-state index contributed by atoms with van der Waals surface area (Å²) in [5.41, 5.74) is 0. The Morgan fingerprint density at radius 1 is 1.50 bits per heavy atom. The molecule has 1 aliphatic rings. The minimum absolute atomic E-state index is 0.0289. The second kappa shape index (κ2) is 5.97. The minimum atomic E-state index is -0.154. The third kappa shape index (κ3) is 3.08. The molecule has 0 bridgehead atoms. The highest BCUT2D eigenvalue weighted by Crippen LogP contribution is 2.18. The van der Waals surface area contributed by atoms with Crippen LogP contribution in [0.5, 0.6) is 0 Å². The van der Waals surface area contributed by atoms with Crippen LogP contribution in [-0.4, -0.2) is 53.5 Å². The van der Waals surface area contributed by atoms with Crippen LogP contribution >= 0.6 is 0 Å². The Morgan fingerprint density at radius 2 is 2.33 bits per heavy atom. The van der Waals surface area contributed by atoms with Gasteiger partial charge in [0.25, 0.3) is 0 Å². The summed E-state index contributed by atoms with van der Waals surface area (Å²) in [6, 6.07) is 0. The highest BCUT2D eigenvalue weighted by molar-refractivity contribution is 5.44. The van der Waals surface area contributed by atoms with Crippen LogP contribution in [0.25, 0.3) is 0 Å². The molecular formula is C12H20N4O2. The number of rotatable bonds is 4. The summed E-state index contributed by atoms with van der Waals surface area (Å²) in [5, 5.41) is 12.4. The Bertz CT molecular complexity index is 388. The van der Waals surface area contributed by atoms with Crippen molar-refractivity contribution in [2.45, 2.75) is 26.1 Å². The van der Waals surface area contributed by atoms with Crippen LogP contribution in [0.4, 0.5) is 11.6 Å². The smallest absolute Gasteiger partial charge is 0.149 e. The van der Waals surface area contributed by atoms with E-state index in [9.17, 15) is 5.11 Å². The second-order valence-corrected chi connectivity index (χ2v) is 4.45. The van der Waals surface area contributed by atoms with Gasteiger partial charge in [-0.15, -0.1) is 0 Å². The van der Waals surface area contributed by atoms with E-state index >= 15 is 0 Å². The van der Waals surface area contributed by atoms with Gasteiger partial charge in [-0.25, -0.2) is 4.98 Å². The van der Waals surface area contributed by atoms with Gasteiger partial charge in [0, 0.05) is 19.6 Å². The van der Waals surface area contributed by atoms with Gasteiger partial charge in [-0.05, 0) is 13.8 Å². The molecule has 0 amide bonds. The lowest BCUT2D eigenvalue weighted by Crippen LogP contribution is -2.48. The number of anilines is 2. The maximum Gasteiger partial charge on any atom is 0.149 e. The van der Waals surface area contributed by atoms with Crippen LogP contribution in [0.2, 0.25) is 0 Å². The van der Waals surface area contributed by atoms with Gasteiger partial charge in [-0.1, -0.05) is 0 Å². The van der Waals surface area contributed by atoms with E-state index in [1.807, 2.05) is 13.8 Å². The average molecular weight is 252 g/mol. The van der Waals surface area contributed by atoms with Crippen molar-refractivity contribution in [2.24, 2.45) is 0 Å². The molecule has 0 saturated carbocycles. The number of hydrogen-bond acceptors (Lipinski definition) is 6. The average Bonchev–Trinajstić information content (AvgIpc) is 2.39. The van der Waals surface area contributed by atoms with Crippen molar-refractivity contribution in [2.75, 3.05) is 36.5 Å². The van der Waals surface area contributed by atoms with Gasteiger partial charge in [0.2, 0.25) is 0 Å². The number of nitrogens with one attached hydrogen (secondary N) is 1. The maximum absolute atomic E-state index is 9.21. The van der Waals surface area contributed by atoms with E-state index in [2.05, 4.69) is 20.2 Å². The van der Waals surface area contributed by atoms with Crippen molar-refractivity contribution in [3.8, 4) is 0 Å². The van der Waals surface area contributed by atoms with E-state index in [1.54, 1.807) is 12.4 Å². The highest BCUT2D eigenvalue weighted by atomic mass is 16.5. The van der Waals surface area contributed by atoms with Crippen molar-refractivity contribution < 1.29 is 9.84 Å². The van der Waals surface area contributed by atoms with Crippen molar-refractivity contribution in [3.63, 3.8) is 0 Å². The van der Waals surface area contributed by atoms with Gasteiger partial charge in [-0.3, -0.25) is 4.98 Å². The zero-order valence-electron chi connectivity index (χ0n) is 10.8. The first-order valence-electron chi connectivity index (χ1n) is 6.30. The molecule has 100 valence electrons. The fourth-order valence-electron chi connectivity index (χ4n) is 2.11. The number of aromatic nitrogens is 2. The first-order chi connectivity index (χ1) is 8.72. The SMILES string of the molecule is CCNc1cncc(N2CC(C)OC(CO)C2)n1. The molecule has 1 saturated heterocycles. The van der Waals surface area contributed by atoms with Gasteiger partial charge in [0.15, 0.2) is 0 Å². The van der Waals surface area contributed by atoms with Gasteiger partial charge in [-0.2, -0.15) is 0 Å². The highest BCUT2D eigenvalue weighted by Gasteiger charge is 2.25. The summed E-state index contributed by atoms with van der Waals surface area (Å²) in [6.45, 7) is 6.27. The van der Waals surface area contributed by atoms with Crippen molar-refractivity contribution in [1.82, 2.24) is 9.97 Å². The van der Waals surface area contributed by atoms with Gasteiger partial charge in [0.05, 0.1) is 31.2 Å². The van der Waals surface area contributed by atoms with Crippen LogP contribution in [0.1, 0.15) is 13.8 Å². The molecule has 1 aromatic heterocycles. The van der Waals surface area contributed by atoms with E-state index in [4.69, 9.17) is 4.74 Å². The lowest BCUT2D eigenvalue weighted by Gasteiger charge is -2.36. The number of hydrogen-bond donors (Lipinski definition) is 2. The Morgan fingerprint density at radius 3 is 3.06 bits per heavy atom. The third-order valence-electron chi connectivity index (χ3n) is 2.83. The topological polar surface area (TPSA) is 70.5 Å². The summed E-state index contributed by atoms with van der Waals surface area (Å²) in [7, 11) is 0. The normalized spacial score (nSPS) is 24.1. The van der Waals surface area contributed by atoms with E-state index in [-0.39, 0.29) is 18.8 Å². The number of ether oxygens (including phenoxy) is 1. The summed E-state index contributed by atoms with van der Waals surface area (Å²) in [5.74, 6) is 1.59. The molecule has 0 spiro atoms. The maximum atomic E-state index is 9.21. The van der Waals surface area contributed by atoms with Crippen molar-refractivity contribution in [1.29, 1.82) is 0 Å². The first-order valence-corrected chi connectivity index (χ1v) is 6.30. The molecule has 0 radical (unpaired) electrons. The fraction of sp³-hybridized carbons (Fsp3) is 0.667. The Balaban J connectivity index is 2.11. The Labute approximate surface area is 107 Å². The molecule has 1 aromatic rings. The first kappa shape index (κ1) is 13.0. The van der Waals surface area contributed by atoms with Gasteiger partial charge >= 0.3 is 0 Å². The van der Waals surface area contributed by atoms with E-state index in [0.717, 1.165) is 24.7 Å². The summed E-state index contributed by atoms with van der Waals surface area (Å²) in [4.78, 5) is 10.8. The van der Waals surface area contributed by atoms with Gasteiger partial charge in [0.1, 0.15) is 11.6 Å². The molecule has 2 N–H and O–H groups in total. The molecule has 6 heteroatoms. The molecule has 6 nitrogen and oxygen atoms in total. The molecule has 2 heterocycles. The molecular weight excluding hydrogens is 232 g/mol. The standard InChI is InChI=1S/C12H20N4O2/c1-3-14-11-4-13-5-12(15-11)16-6-9(2)18-10(7-16)8-17/h4-5,9-10,17H,3,6-8H2,1-2H3,(H,14,15). The monoisotopic (exact) mass is 252 g/mol. The van der Waals surface area contributed by atoms with Gasteiger partial charge < -0.3 is 20.1 Å². The number of nitrogens with zero attached hydrogens (tertiary/aromatic N) is 3. The summed E-state index contributed by atoms with van der Waals surface area (Å²) >= 11 is 0. The summed E-state index contributed by atoms with van der Waals surface area (Å²) < 4.78 is 5.61. The Kier molecular flexibility index (Phi) is 4.33. The fourth-order valence-corrected chi connectivity index (χ4v) is 2.11. The zero-order valence-corrected chi connectivity index (χ0v) is 10.8. The van der Waals surface area contributed by atoms with E-state index < -0.39 is 0 Å². The van der Waals surface area contributed by atoms with E-state index in [1.165, 1.54) is 0 Å². The van der Waals surface area contributed by atoms with Crippen LogP contribution < -0.4 is 10.2 Å². The molecule has 2 rings (SSSR count). The van der Waals surface area contributed by atoms with Crippen molar-refractivity contribution >= 4 is 11.6 Å². The van der Waals surface area contributed by atoms with Crippen LogP contribution in [-0.2, 0) is 4.74 Å². The number of morpholine rings is 1. The zero-order chi connectivity index (χ0) is 13.0. The van der Waals surface area contributed by atoms with Crippen LogP contribution in [0.15, 0.2) is 12.4 Å². The Hall–Kier alpha value is -1.40. The largest absolute Gasteiger partial charge is 0.394 e. The molecule has 2 atom stereocenters. The summed E-state index contributed by atoms with van der Waals surface area (Å²) in [6.07, 6.45) is 3.38. The van der Waals surface area contributed by atoms with Crippen molar-refractivity contribution in [3.05, 3.63) is 12.4 Å².